The number of nitrogens with two attached hydrogens (primary N) is 1. The van der Waals surface area contributed by atoms with E-state index in [2.05, 4.69) is 0 Å². The number of carbonyl (C=O) groups excluding carboxylic acids is 1. The van der Waals surface area contributed by atoms with Crippen LogP contribution < -0.4 is 30.0 Å². The highest BCUT2D eigenvalue weighted by molar-refractivity contribution is 7.95. The Balaban J connectivity index is 1.96. The number of methoxy groups -OCH3 is 2. The van der Waals surface area contributed by atoms with Crippen molar-refractivity contribution in [2.75, 3.05) is 20.8 Å². The van der Waals surface area contributed by atoms with E-state index in [9.17, 15) is 18.0 Å². The van der Waals surface area contributed by atoms with E-state index in [-0.39, 0.29) is 37.0 Å². The summed E-state index contributed by atoms with van der Waals surface area (Å²) in [5, 5.41) is 0. The zero-order valence-electron chi connectivity index (χ0n) is 23.1. The lowest BCUT2D eigenvalue weighted by Gasteiger charge is -2.28. The molecule has 11 heteroatoms. The molecule has 4 aromatic rings. The van der Waals surface area contributed by atoms with Crippen LogP contribution in [0.5, 0.6) is 11.5 Å². The van der Waals surface area contributed by atoms with Crippen molar-refractivity contribution < 1.29 is 27.4 Å². The van der Waals surface area contributed by atoms with Gasteiger partial charge in [0.1, 0.15) is 26.9 Å². The molecule has 0 radical (unpaired) electrons. The smallest absolute Gasteiger partial charge is 0.338 e. The molecule has 0 bridgehead atoms. The minimum Gasteiger partial charge on any atom is -0.496 e. The quantitative estimate of drug-likeness (QED) is 0.304. The first-order valence-corrected chi connectivity index (χ1v) is 15.3. The van der Waals surface area contributed by atoms with E-state index in [1.807, 2.05) is 0 Å². The first-order valence-electron chi connectivity index (χ1n) is 13.0. The number of thiazole rings is 1. The molecular weight excluding hydrogens is 576 g/mol. The van der Waals surface area contributed by atoms with Crippen molar-refractivity contribution in [3.05, 3.63) is 114 Å². The Morgan fingerprint density at radius 1 is 0.952 bits per heavy atom. The fraction of sp³-hybridized carbons (Fsp3) is 0.161. The van der Waals surface area contributed by atoms with Gasteiger partial charge in [0.2, 0.25) is 9.84 Å². The van der Waals surface area contributed by atoms with Crippen LogP contribution in [0.1, 0.15) is 24.0 Å². The monoisotopic (exact) mass is 604 g/mol. The molecule has 2 heterocycles. The summed E-state index contributed by atoms with van der Waals surface area (Å²) >= 11 is 1.01. The molecule has 1 aliphatic rings. The van der Waals surface area contributed by atoms with Gasteiger partial charge in [-0.2, -0.15) is 0 Å². The fourth-order valence-electron chi connectivity index (χ4n) is 4.96. The van der Waals surface area contributed by atoms with E-state index >= 15 is 0 Å². The summed E-state index contributed by atoms with van der Waals surface area (Å²) < 4.78 is 46.6. The molecule has 9 nitrogen and oxygen atoms in total. The number of benzene rings is 3. The number of hydrogen-bond acceptors (Lipinski definition) is 9. The molecule has 1 unspecified atom stereocenters. The van der Waals surface area contributed by atoms with E-state index in [0.717, 1.165) is 15.9 Å². The van der Waals surface area contributed by atoms with Gasteiger partial charge in [-0.25, -0.2) is 13.2 Å². The molecule has 0 saturated heterocycles. The van der Waals surface area contributed by atoms with E-state index in [1.165, 1.54) is 26.4 Å². The highest BCUT2D eigenvalue weighted by Gasteiger charge is 2.43. The van der Waals surface area contributed by atoms with Crippen molar-refractivity contribution >= 4 is 44.6 Å². The number of allylic oxidation sites excluding steroid dienone is 1. The predicted molar refractivity (Wildman–Crippen MR) is 161 cm³/mol. The third kappa shape index (κ3) is 4.90. The number of para-hydroxylation sites is 2. The zero-order valence-corrected chi connectivity index (χ0v) is 24.7. The average molecular weight is 605 g/mol. The molecule has 0 aliphatic carbocycles. The summed E-state index contributed by atoms with van der Waals surface area (Å²) in [7, 11) is -1.38. The van der Waals surface area contributed by atoms with E-state index in [1.54, 1.807) is 79.7 Å². The topological polar surface area (TPSA) is 127 Å². The van der Waals surface area contributed by atoms with Crippen molar-refractivity contribution in [2.24, 2.45) is 5.73 Å². The van der Waals surface area contributed by atoms with Gasteiger partial charge in [-0.1, -0.05) is 54.6 Å². The number of aromatic nitrogens is 1. The van der Waals surface area contributed by atoms with E-state index < -0.39 is 27.3 Å². The van der Waals surface area contributed by atoms with Gasteiger partial charge in [0.25, 0.3) is 5.56 Å². The third-order valence-corrected chi connectivity index (χ3v) is 9.84. The molecule has 216 valence electrons. The van der Waals surface area contributed by atoms with Crippen LogP contribution in [-0.2, 0) is 19.4 Å². The lowest BCUT2D eigenvalue weighted by molar-refractivity contribution is -0.136. The number of ether oxygens (including phenoxy) is 3. The number of fused-ring (bicyclic) bond motifs is 1. The number of carbonyl (C=O) groups is 1. The van der Waals surface area contributed by atoms with Gasteiger partial charge in [-0.15, -0.1) is 11.3 Å². The standard InChI is InChI=1S/C31H28N2O7S2/c1-4-40-31(35)26-25(21-15-9-11-17-23(21)39-3)27(42(36,37)20-13-6-5-7-14-20)28(32)33-29(34)24(41-30(26)33)18-19-12-8-10-16-22(19)38-2/h5-18,25H,4,32H2,1-3H3/b24-18-. The largest absolute Gasteiger partial charge is 0.496 e. The summed E-state index contributed by atoms with van der Waals surface area (Å²) in [5.41, 5.74) is 7.04. The molecule has 1 aliphatic heterocycles. The Hall–Kier alpha value is -4.61. The van der Waals surface area contributed by atoms with Crippen molar-refractivity contribution in [3.63, 3.8) is 0 Å². The summed E-state index contributed by atoms with van der Waals surface area (Å²) in [4.78, 5) is 27.3. The van der Waals surface area contributed by atoms with Crippen LogP contribution in [0.25, 0.3) is 17.5 Å². The second-order valence-electron chi connectivity index (χ2n) is 9.17. The molecule has 1 aromatic heterocycles. The first-order chi connectivity index (χ1) is 20.2. The van der Waals surface area contributed by atoms with E-state index in [0.29, 0.717) is 22.6 Å². The Morgan fingerprint density at radius 3 is 2.24 bits per heavy atom. The number of esters is 1. The number of hydrogen-bond donors (Lipinski definition) is 1. The van der Waals surface area contributed by atoms with Crippen molar-refractivity contribution in [2.45, 2.75) is 17.7 Å². The minimum absolute atomic E-state index is 0.0246. The lowest BCUT2D eigenvalue weighted by Crippen LogP contribution is -2.41. The molecule has 42 heavy (non-hydrogen) atoms. The van der Waals surface area contributed by atoms with Crippen molar-refractivity contribution in [1.82, 2.24) is 4.57 Å². The van der Waals surface area contributed by atoms with Crippen LogP contribution in [0, 0.1) is 0 Å². The van der Waals surface area contributed by atoms with Gasteiger partial charge < -0.3 is 19.9 Å². The third-order valence-electron chi connectivity index (χ3n) is 6.81. The van der Waals surface area contributed by atoms with Crippen LogP contribution in [-0.4, -0.2) is 39.8 Å². The predicted octanol–water partition coefficient (Wildman–Crippen LogP) is 2.83. The normalized spacial score (nSPS) is 15.4. The van der Waals surface area contributed by atoms with Gasteiger partial charge in [0.05, 0.1) is 41.7 Å². The Bertz CT molecular complexity index is 1990. The van der Waals surface area contributed by atoms with Gasteiger partial charge in [-0.05, 0) is 37.3 Å². The number of sulfone groups is 1. The van der Waals surface area contributed by atoms with Gasteiger partial charge >= 0.3 is 5.97 Å². The molecule has 0 amide bonds. The average Bonchev–Trinajstić information content (AvgIpc) is 3.33. The highest BCUT2D eigenvalue weighted by Crippen LogP contribution is 2.45. The summed E-state index contributed by atoms with van der Waals surface area (Å²) in [5.74, 6) is -1.45. The van der Waals surface area contributed by atoms with Crippen LogP contribution >= 0.6 is 11.3 Å². The summed E-state index contributed by atoms with van der Waals surface area (Å²) in [6, 6.07) is 21.6. The van der Waals surface area contributed by atoms with E-state index in [4.69, 9.17) is 19.9 Å². The van der Waals surface area contributed by atoms with Gasteiger partial charge in [-0.3, -0.25) is 9.36 Å². The molecular formula is C31H28N2O7S2. The molecule has 2 N–H and O–H groups in total. The maximum Gasteiger partial charge on any atom is 0.338 e. The van der Waals surface area contributed by atoms with Crippen molar-refractivity contribution in [1.29, 1.82) is 0 Å². The SMILES string of the molecule is CCOC(=O)C1=c2s/c(=C\c3ccccc3OC)c(=O)n2C(N)=C(S(=O)(=O)c2ccccc2)C1c1ccccc1OC. The zero-order chi connectivity index (χ0) is 30.0. The number of nitrogens with zero attached hydrogens (tertiary/aromatic N) is 1. The summed E-state index contributed by atoms with van der Waals surface area (Å²) in [6.45, 7) is 1.67. The Morgan fingerprint density at radius 2 is 1.57 bits per heavy atom. The maximum atomic E-state index is 14.3. The van der Waals surface area contributed by atoms with Crippen LogP contribution in [0.2, 0.25) is 0 Å². The van der Waals surface area contributed by atoms with Crippen LogP contribution in [0.3, 0.4) is 0 Å². The molecule has 0 fully saturated rings. The minimum atomic E-state index is -4.35. The molecule has 5 rings (SSSR count). The van der Waals surface area contributed by atoms with Crippen LogP contribution in [0.15, 0.2) is 93.5 Å². The van der Waals surface area contributed by atoms with Gasteiger partial charge in [0, 0.05) is 11.1 Å². The molecule has 3 aromatic carbocycles. The molecule has 1 atom stereocenters. The second-order valence-corrected chi connectivity index (χ2v) is 12.1. The second kappa shape index (κ2) is 11.7. The maximum absolute atomic E-state index is 14.3. The fourth-order valence-corrected chi connectivity index (χ4v) is 7.80. The number of rotatable bonds is 8. The highest BCUT2D eigenvalue weighted by atomic mass is 32.2. The Labute approximate surface area is 246 Å². The molecule has 0 saturated carbocycles. The molecule has 0 spiro atoms. The first kappa shape index (κ1) is 28.9. The van der Waals surface area contributed by atoms with Crippen molar-refractivity contribution in [3.8, 4) is 11.5 Å². The summed E-state index contributed by atoms with van der Waals surface area (Å²) in [6.07, 6.45) is 1.62. The lowest BCUT2D eigenvalue weighted by atomic mass is 9.89. The van der Waals surface area contributed by atoms with Gasteiger partial charge in [0.15, 0.2) is 0 Å². The Kier molecular flexibility index (Phi) is 8.06. The van der Waals surface area contributed by atoms with Crippen LogP contribution in [0.4, 0.5) is 0 Å².